The third-order valence-corrected chi connectivity index (χ3v) is 3.29. The topological polar surface area (TPSA) is 29.1 Å². The Morgan fingerprint density at radius 3 is 2.44 bits per heavy atom. The zero-order chi connectivity index (χ0) is 13.4. The van der Waals surface area contributed by atoms with Crippen LogP contribution in [-0.4, -0.2) is 12.5 Å². The lowest BCUT2D eigenvalue weighted by Gasteiger charge is -2.21. The molecule has 0 aliphatic carbocycles. The first kappa shape index (κ1) is 14.7. The van der Waals surface area contributed by atoms with Crippen molar-refractivity contribution in [3.8, 4) is 0 Å². The van der Waals surface area contributed by atoms with Crippen molar-refractivity contribution >= 4 is 5.91 Å². The van der Waals surface area contributed by atoms with Crippen molar-refractivity contribution in [1.82, 2.24) is 5.32 Å². The highest BCUT2D eigenvalue weighted by Crippen LogP contribution is 2.27. The Morgan fingerprint density at radius 2 is 1.89 bits per heavy atom. The maximum absolute atomic E-state index is 11.9. The van der Waals surface area contributed by atoms with Gasteiger partial charge in [0.2, 0.25) is 5.91 Å². The second kappa shape index (κ2) is 7.91. The summed E-state index contributed by atoms with van der Waals surface area (Å²) < 4.78 is 0. The van der Waals surface area contributed by atoms with Gasteiger partial charge in [0.1, 0.15) is 0 Å². The van der Waals surface area contributed by atoms with E-state index in [1.807, 2.05) is 18.2 Å². The largest absolute Gasteiger partial charge is 0.356 e. The molecule has 1 atom stereocenters. The zero-order valence-corrected chi connectivity index (χ0v) is 11.8. The van der Waals surface area contributed by atoms with Gasteiger partial charge in [-0.15, -0.1) is 0 Å². The van der Waals surface area contributed by atoms with Gasteiger partial charge >= 0.3 is 0 Å². The summed E-state index contributed by atoms with van der Waals surface area (Å²) in [6.07, 6.45) is 2.77. The average molecular weight is 247 g/mol. The average Bonchev–Trinajstić information content (AvgIpc) is 2.37. The number of amides is 1. The molecule has 1 rings (SSSR count). The first-order valence-corrected chi connectivity index (χ1v) is 6.96. The molecule has 0 saturated carbocycles. The molecule has 0 aromatic heterocycles. The Morgan fingerprint density at radius 1 is 1.22 bits per heavy atom. The summed E-state index contributed by atoms with van der Waals surface area (Å²) >= 11 is 0. The third-order valence-electron chi connectivity index (χ3n) is 3.29. The summed E-state index contributed by atoms with van der Waals surface area (Å²) in [5.41, 5.74) is 1.26. The molecule has 2 heteroatoms. The number of unbranched alkanes of at least 4 members (excludes halogenated alkanes) is 1. The zero-order valence-electron chi connectivity index (χ0n) is 11.8. The Bertz CT molecular complexity index is 345. The Balaban J connectivity index is 2.56. The third kappa shape index (κ3) is 4.91. The standard InChI is InChI=1S/C16H25NO/c1-4-5-11-17-16(18)12-15(13(2)3)14-9-7-6-8-10-14/h6-10,13,15H,4-5,11-12H2,1-3H3,(H,17,18). The second-order valence-electron chi connectivity index (χ2n) is 5.17. The molecule has 0 fully saturated rings. The number of rotatable bonds is 7. The smallest absolute Gasteiger partial charge is 0.220 e. The van der Waals surface area contributed by atoms with Crippen LogP contribution in [0.4, 0.5) is 0 Å². The molecule has 1 aromatic rings. The molecule has 0 bridgehead atoms. The minimum Gasteiger partial charge on any atom is -0.356 e. The molecule has 0 aliphatic heterocycles. The molecular weight excluding hydrogens is 222 g/mol. The normalized spacial score (nSPS) is 12.4. The van der Waals surface area contributed by atoms with Crippen LogP contribution in [0.2, 0.25) is 0 Å². The summed E-state index contributed by atoms with van der Waals surface area (Å²) in [6.45, 7) is 7.29. The maximum atomic E-state index is 11.9. The van der Waals surface area contributed by atoms with E-state index in [4.69, 9.17) is 0 Å². The lowest BCUT2D eigenvalue weighted by Crippen LogP contribution is -2.27. The molecule has 0 saturated heterocycles. The number of benzene rings is 1. The molecule has 1 aromatic carbocycles. The predicted molar refractivity (Wildman–Crippen MR) is 76.6 cm³/mol. The molecule has 2 nitrogen and oxygen atoms in total. The fourth-order valence-corrected chi connectivity index (χ4v) is 2.12. The Labute approximate surface area is 111 Å². The van der Waals surface area contributed by atoms with Gasteiger partial charge in [-0.2, -0.15) is 0 Å². The molecule has 18 heavy (non-hydrogen) atoms. The summed E-state index contributed by atoms with van der Waals surface area (Å²) in [5, 5.41) is 3.00. The van der Waals surface area contributed by atoms with Crippen LogP contribution in [0.5, 0.6) is 0 Å². The van der Waals surface area contributed by atoms with E-state index in [0.29, 0.717) is 18.3 Å². The van der Waals surface area contributed by atoms with Gasteiger partial charge in [-0.1, -0.05) is 57.5 Å². The van der Waals surface area contributed by atoms with E-state index in [9.17, 15) is 4.79 Å². The van der Waals surface area contributed by atoms with E-state index >= 15 is 0 Å². The predicted octanol–water partition coefficient (Wildman–Crippen LogP) is 3.73. The van der Waals surface area contributed by atoms with Gasteiger partial charge in [0.25, 0.3) is 0 Å². The highest BCUT2D eigenvalue weighted by molar-refractivity contribution is 5.76. The lowest BCUT2D eigenvalue weighted by molar-refractivity contribution is -0.121. The number of carbonyl (C=O) groups excluding carboxylic acids is 1. The van der Waals surface area contributed by atoms with E-state index in [-0.39, 0.29) is 5.91 Å². The summed E-state index contributed by atoms with van der Waals surface area (Å²) in [7, 11) is 0. The van der Waals surface area contributed by atoms with E-state index in [1.54, 1.807) is 0 Å². The van der Waals surface area contributed by atoms with Crippen LogP contribution in [-0.2, 0) is 4.79 Å². The molecule has 1 amide bonds. The molecule has 0 radical (unpaired) electrons. The number of hydrogen-bond donors (Lipinski definition) is 1. The van der Waals surface area contributed by atoms with Crippen molar-refractivity contribution in [1.29, 1.82) is 0 Å². The van der Waals surface area contributed by atoms with Gasteiger partial charge in [0.15, 0.2) is 0 Å². The van der Waals surface area contributed by atoms with Crippen molar-refractivity contribution in [2.45, 2.75) is 46.0 Å². The fourth-order valence-electron chi connectivity index (χ4n) is 2.12. The van der Waals surface area contributed by atoms with Crippen LogP contribution in [0.25, 0.3) is 0 Å². The molecule has 1 unspecified atom stereocenters. The molecule has 0 heterocycles. The highest BCUT2D eigenvalue weighted by atomic mass is 16.1. The maximum Gasteiger partial charge on any atom is 0.220 e. The monoisotopic (exact) mass is 247 g/mol. The van der Waals surface area contributed by atoms with E-state index in [1.165, 1.54) is 5.56 Å². The van der Waals surface area contributed by atoms with E-state index < -0.39 is 0 Å². The molecule has 0 spiro atoms. The van der Waals surface area contributed by atoms with Crippen LogP contribution >= 0.6 is 0 Å². The number of carbonyl (C=O) groups is 1. The van der Waals surface area contributed by atoms with Gasteiger partial charge in [0, 0.05) is 13.0 Å². The van der Waals surface area contributed by atoms with Gasteiger partial charge in [-0.05, 0) is 23.8 Å². The summed E-state index contributed by atoms with van der Waals surface area (Å²) in [6, 6.07) is 10.3. The molecule has 1 N–H and O–H groups in total. The van der Waals surface area contributed by atoms with Gasteiger partial charge < -0.3 is 5.32 Å². The van der Waals surface area contributed by atoms with Gasteiger partial charge in [0.05, 0.1) is 0 Å². The van der Waals surface area contributed by atoms with Gasteiger partial charge in [-0.25, -0.2) is 0 Å². The van der Waals surface area contributed by atoms with Crippen LogP contribution in [0.15, 0.2) is 30.3 Å². The van der Waals surface area contributed by atoms with Crippen LogP contribution < -0.4 is 5.32 Å². The molecular formula is C16H25NO. The SMILES string of the molecule is CCCCNC(=O)CC(c1ccccc1)C(C)C. The Kier molecular flexibility index (Phi) is 6.48. The van der Waals surface area contributed by atoms with E-state index in [2.05, 4.69) is 38.2 Å². The number of hydrogen-bond acceptors (Lipinski definition) is 1. The number of nitrogens with one attached hydrogen (secondary N) is 1. The highest BCUT2D eigenvalue weighted by Gasteiger charge is 2.18. The summed E-state index contributed by atoms with van der Waals surface area (Å²) in [5.74, 6) is 0.961. The quantitative estimate of drug-likeness (QED) is 0.731. The second-order valence-corrected chi connectivity index (χ2v) is 5.17. The van der Waals surface area contributed by atoms with Crippen LogP contribution in [0.1, 0.15) is 51.5 Å². The van der Waals surface area contributed by atoms with Crippen LogP contribution in [0, 0.1) is 5.92 Å². The molecule has 0 aliphatic rings. The van der Waals surface area contributed by atoms with Crippen molar-refractivity contribution in [2.75, 3.05) is 6.54 Å². The fraction of sp³-hybridized carbons (Fsp3) is 0.562. The first-order chi connectivity index (χ1) is 8.65. The van der Waals surface area contributed by atoms with Crippen molar-refractivity contribution in [3.63, 3.8) is 0 Å². The lowest BCUT2D eigenvalue weighted by atomic mass is 9.85. The van der Waals surface area contributed by atoms with E-state index in [0.717, 1.165) is 19.4 Å². The van der Waals surface area contributed by atoms with Gasteiger partial charge in [-0.3, -0.25) is 4.79 Å². The summed E-state index contributed by atoms with van der Waals surface area (Å²) in [4.78, 5) is 11.9. The minimum atomic E-state index is 0.172. The molecule has 100 valence electrons. The Hall–Kier alpha value is -1.31. The van der Waals surface area contributed by atoms with Crippen molar-refractivity contribution in [2.24, 2.45) is 5.92 Å². The first-order valence-electron chi connectivity index (χ1n) is 6.96. The minimum absolute atomic E-state index is 0.172. The van der Waals surface area contributed by atoms with Crippen LogP contribution in [0.3, 0.4) is 0 Å². The van der Waals surface area contributed by atoms with Crippen molar-refractivity contribution < 1.29 is 4.79 Å². The van der Waals surface area contributed by atoms with Crippen molar-refractivity contribution in [3.05, 3.63) is 35.9 Å².